The highest BCUT2D eigenvalue weighted by molar-refractivity contribution is 5.96. The Balaban J connectivity index is 1.87. The van der Waals surface area contributed by atoms with Gasteiger partial charge in [0.05, 0.1) is 0 Å². The molecular formula is C17H19N3O3. The van der Waals surface area contributed by atoms with Crippen LogP contribution < -0.4 is 21.1 Å². The Morgan fingerprint density at radius 1 is 1.09 bits per heavy atom. The zero-order chi connectivity index (χ0) is 16.7. The smallest absolute Gasteiger partial charge is 0.312 e. The van der Waals surface area contributed by atoms with Gasteiger partial charge in [-0.1, -0.05) is 30.3 Å². The number of nitrogens with two attached hydrogens (primary N) is 1. The summed E-state index contributed by atoms with van der Waals surface area (Å²) in [6, 6.07) is 15.4. The lowest BCUT2D eigenvalue weighted by Gasteiger charge is -2.13. The molecule has 2 aromatic rings. The molecule has 0 bridgehead atoms. The number of anilines is 1. The number of ether oxygens (including phenoxy) is 1. The van der Waals surface area contributed by atoms with Gasteiger partial charge in [0.2, 0.25) is 5.91 Å². The lowest BCUT2D eigenvalue weighted by Crippen LogP contribution is -2.44. The fourth-order valence-electron chi connectivity index (χ4n) is 1.90. The maximum atomic E-state index is 11.8. The third kappa shape index (κ3) is 5.35. The van der Waals surface area contributed by atoms with E-state index < -0.39 is 12.1 Å². The number of carbonyl (C=O) groups excluding carboxylic acids is 2. The Morgan fingerprint density at radius 3 is 2.35 bits per heavy atom. The molecule has 0 unspecified atom stereocenters. The van der Waals surface area contributed by atoms with Crippen LogP contribution in [0.1, 0.15) is 12.5 Å². The molecule has 0 heterocycles. The molecule has 0 aliphatic heterocycles. The van der Waals surface area contributed by atoms with E-state index in [1.54, 1.807) is 31.2 Å². The maximum Gasteiger partial charge on any atom is 0.312 e. The van der Waals surface area contributed by atoms with Crippen molar-refractivity contribution >= 4 is 17.6 Å². The highest BCUT2D eigenvalue weighted by atomic mass is 16.5. The quantitative estimate of drug-likeness (QED) is 0.763. The van der Waals surface area contributed by atoms with Gasteiger partial charge in [-0.05, 0) is 36.8 Å². The van der Waals surface area contributed by atoms with E-state index in [2.05, 4.69) is 10.6 Å². The average molecular weight is 313 g/mol. The normalized spacial score (nSPS) is 11.3. The topological polar surface area (TPSA) is 93.5 Å². The summed E-state index contributed by atoms with van der Waals surface area (Å²) >= 11 is 0. The molecule has 1 atom stereocenters. The van der Waals surface area contributed by atoms with Crippen LogP contribution in [0.5, 0.6) is 5.75 Å². The number of hydrogen-bond donors (Lipinski definition) is 3. The van der Waals surface area contributed by atoms with Crippen molar-refractivity contribution in [3.8, 4) is 5.75 Å². The summed E-state index contributed by atoms with van der Waals surface area (Å²) in [6.45, 7) is 2.03. The Labute approximate surface area is 134 Å². The first kappa shape index (κ1) is 16.4. The zero-order valence-corrected chi connectivity index (χ0v) is 12.8. The van der Waals surface area contributed by atoms with E-state index in [0.29, 0.717) is 18.0 Å². The molecule has 0 radical (unpaired) electrons. The summed E-state index contributed by atoms with van der Waals surface area (Å²) in [6.07, 6.45) is 0. The average Bonchev–Trinajstić information content (AvgIpc) is 2.54. The minimum atomic E-state index is -0.739. The molecule has 0 aliphatic rings. The van der Waals surface area contributed by atoms with Crippen molar-refractivity contribution < 1.29 is 14.3 Å². The van der Waals surface area contributed by atoms with Gasteiger partial charge in [-0.15, -0.1) is 0 Å². The van der Waals surface area contributed by atoms with Crippen molar-refractivity contribution in [2.45, 2.75) is 19.6 Å². The van der Waals surface area contributed by atoms with Gasteiger partial charge in [0.1, 0.15) is 18.4 Å². The summed E-state index contributed by atoms with van der Waals surface area (Å²) in [5.74, 6) is 0.358. The number of carbonyl (C=O) groups is 2. The SMILES string of the molecule is C[C@@H](NC(N)=O)C(=O)Nc1ccc(OCc2ccccc2)cc1. The molecule has 6 nitrogen and oxygen atoms in total. The van der Waals surface area contributed by atoms with Crippen LogP contribution in [0, 0.1) is 0 Å². The van der Waals surface area contributed by atoms with Gasteiger partial charge < -0.3 is 21.1 Å². The molecule has 0 aliphatic carbocycles. The summed E-state index contributed by atoms with van der Waals surface area (Å²) in [5, 5.41) is 5.00. The van der Waals surface area contributed by atoms with E-state index in [9.17, 15) is 9.59 Å². The largest absolute Gasteiger partial charge is 0.489 e. The Kier molecular flexibility index (Phi) is 5.57. The molecular weight excluding hydrogens is 294 g/mol. The van der Waals surface area contributed by atoms with E-state index in [-0.39, 0.29) is 5.91 Å². The molecule has 23 heavy (non-hydrogen) atoms. The number of nitrogens with one attached hydrogen (secondary N) is 2. The third-order valence-corrected chi connectivity index (χ3v) is 3.12. The van der Waals surface area contributed by atoms with Gasteiger partial charge >= 0.3 is 6.03 Å². The molecule has 0 saturated heterocycles. The third-order valence-electron chi connectivity index (χ3n) is 3.12. The fraction of sp³-hybridized carbons (Fsp3) is 0.176. The Hall–Kier alpha value is -3.02. The van der Waals surface area contributed by atoms with Gasteiger partial charge in [0, 0.05) is 5.69 Å². The van der Waals surface area contributed by atoms with Crippen molar-refractivity contribution in [3.05, 3.63) is 60.2 Å². The molecule has 120 valence electrons. The van der Waals surface area contributed by atoms with Crippen molar-refractivity contribution in [2.75, 3.05) is 5.32 Å². The molecule has 2 aromatic carbocycles. The molecule has 0 saturated carbocycles. The molecule has 2 rings (SSSR count). The second kappa shape index (κ2) is 7.84. The molecule has 0 fully saturated rings. The maximum absolute atomic E-state index is 11.8. The van der Waals surface area contributed by atoms with Gasteiger partial charge in [-0.25, -0.2) is 4.79 Å². The number of hydrogen-bond acceptors (Lipinski definition) is 3. The number of rotatable bonds is 6. The van der Waals surface area contributed by atoms with E-state index in [0.717, 1.165) is 5.56 Å². The molecule has 6 heteroatoms. The minimum Gasteiger partial charge on any atom is -0.489 e. The second-order valence-electron chi connectivity index (χ2n) is 5.02. The summed E-state index contributed by atoms with van der Waals surface area (Å²) in [7, 11) is 0. The minimum absolute atomic E-state index is 0.346. The van der Waals surface area contributed by atoms with Crippen LogP contribution in [-0.4, -0.2) is 18.0 Å². The fourth-order valence-corrected chi connectivity index (χ4v) is 1.90. The second-order valence-corrected chi connectivity index (χ2v) is 5.02. The summed E-state index contributed by atoms with van der Waals surface area (Å²) < 4.78 is 5.67. The number of benzene rings is 2. The predicted octanol–water partition coefficient (Wildman–Crippen LogP) is 2.26. The lowest BCUT2D eigenvalue weighted by atomic mass is 10.2. The van der Waals surface area contributed by atoms with Crippen molar-refractivity contribution in [1.29, 1.82) is 0 Å². The van der Waals surface area contributed by atoms with Gasteiger partial charge in [-0.2, -0.15) is 0 Å². The van der Waals surface area contributed by atoms with E-state index in [1.807, 2.05) is 30.3 Å². The van der Waals surface area contributed by atoms with Crippen molar-refractivity contribution in [3.63, 3.8) is 0 Å². The Morgan fingerprint density at radius 2 is 1.74 bits per heavy atom. The van der Waals surface area contributed by atoms with Gasteiger partial charge in [0.15, 0.2) is 0 Å². The monoisotopic (exact) mass is 313 g/mol. The van der Waals surface area contributed by atoms with Crippen molar-refractivity contribution in [1.82, 2.24) is 5.32 Å². The molecule has 3 amide bonds. The standard InChI is InChI=1S/C17H19N3O3/c1-12(19-17(18)22)16(21)20-14-7-9-15(10-8-14)23-11-13-5-3-2-4-6-13/h2-10,12H,11H2,1H3,(H,20,21)(H3,18,19,22)/t12-/m1/s1. The van der Waals surface area contributed by atoms with Crippen LogP contribution in [0.2, 0.25) is 0 Å². The number of primary amides is 1. The Bertz CT molecular complexity index is 657. The highest BCUT2D eigenvalue weighted by Crippen LogP contribution is 2.17. The first-order valence-electron chi connectivity index (χ1n) is 7.18. The summed E-state index contributed by atoms with van der Waals surface area (Å²) in [4.78, 5) is 22.5. The lowest BCUT2D eigenvalue weighted by molar-refractivity contribution is -0.117. The summed E-state index contributed by atoms with van der Waals surface area (Å²) in [5.41, 5.74) is 6.67. The zero-order valence-electron chi connectivity index (χ0n) is 12.8. The van der Waals surface area contributed by atoms with Gasteiger partial charge in [0.25, 0.3) is 0 Å². The van der Waals surface area contributed by atoms with Crippen LogP contribution >= 0.6 is 0 Å². The van der Waals surface area contributed by atoms with Crippen LogP contribution in [-0.2, 0) is 11.4 Å². The van der Waals surface area contributed by atoms with E-state index in [1.165, 1.54) is 0 Å². The van der Waals surface area contributed by atoms with Crippen LogP contribution in [0.4, 0.5) is 10.5 Å². The molecule has 0 spiro atoms. The molecule has 4 N–H and O–H groups in total. The number of urea groups is 1. The van der Waals surface area contributed by atoms with Crippen LogP contribution in [0.3, 0.4) is 0 Å². The number of amides is 3. The van der Waals surface area contributed by atoms with Crippen LogP contribution in [0.25, 0.3) is 0 Å². The first-order chi connectivity index (χ1) is 11.0. The highest BCUT2D eigenvalue weighted by Gasteiger charge is 2.13. The van der Waals surface area contributed by atoms with Crippen LogP contribution in [0.15, 0.2) is 54.6 Å². The van der Waals surface area contributed by atoms with Crippen molar-refractivity contribution in [2.24, 2.45) is 5.73 Å². The van der Waals surface area contributed by atoms with E-state index >= 15 is 0 Å². The van der Waals surface area contributed by atoms with E-state index in [4.69, 9.17) is 10.5 Å². The molecule has 0 aromatic heterocycles. The van der Waals surface area contributed by atoms with Gasteiger partial charge in [-0.3, -0.25) is 4.79 Å². The predicted molar refractivity (Wildman–Crippen MR) is 88.0 cm³/mol. The first-order valence-corrected chi connectivity index (χ1v) is 7.18.